The number of Topliss-reactive ketones (excluding diaryl/α,β-unsaturated/α-hetero) is 1. The minimum absolute atomic E-state index is 0.0113. The molecule has 1 heterocycles. The summed E-state index contributed by atoms with van der Waals surface area (Å²) in [5.41, 5.74) is 2.39. The van der Waals surface area contributed by atoms with Gasteiger partial charge in [0.25, 0.3) is 0 Å². The lowest BCUT2D eigenvalue weighted by molar-refractivity contribution is -0.154. The molecule has 43 heavy (non-hydrogen) atoms. The molecule has 224 valence electrons. The lowest BCUT2D eigenvalue weighted by atomic mass is 10.1. The summed E-state index contributed by atoms with van der Waals surface area (Å²) in [6.07, 6.45) is 0.235. The highest BCUT2D eigenvalue weighted by Gasteiger charge is 2.17. The standard InChI is InChI=1S/C33H34N2O7S/c1-33(2,3)42-32(38)16-21-6-10-24(11-7-21)34-35-25-12-8-22(9-13-25)20-41-31(37)15-14-26(36)30-18-23-17-27(39-4)28(40-5)19-29(23)43-30/h6-13,17-19H,14-16,20H2,1-5H3. The fraction of sp³-hybridized carbons (Fsp3) is 0.303. The molecule has 0 aliphatic carbocycles. The zero-order valence-electron chi connectivity index (χ0n) is 24.8. The molecule has 0 atom stereocenters. The maximum atomic E-state index is 12.7. The highest BCUT2D eigenvalue weighted by Crippen LogP contribution is 2.36. The van der Waals surface area contributed by atoms with Crippen LogP contribution in [0, 0.1) is 0 Å². The van der Waals surface area contributed by atoms with Gasteiger partial charge in [0.1, 0.15) is 12.2 Å². The number of methoxy groups -OCH3 is 2. The molecule has 1 aromatic heterocycles. The molecule has 9 nitrogen and oxygen atoms in total. The number of ether oxygens (including phenoxy) is 4. The Hall–Kier alpha value is -4.57. The first-order valence-electron chi connectivity index (χ1n) is 13.7. The van der Waals surface area contributed by atoms with E-state index >= 15 is 0 Å². The Morgan fingerprint density at radius 2 is 1.33 bits per heavy atom. The first-order valence-corrected chi connectivity index (χ1v) is 14.5. The van der Waals surface area contributed by atoms with E-state index in [9.17, 15) is 14.4 Å². The monoisotopic (exact) mass is 602 g/mol. The van der Waals surface area contributed by atoms with Crippen molar-refractivity contribution in [1.29, 1.82) is 0 Å². The van der Waals surface area contributed by atoms with Gasteiger partial charge in [0.2, 0.25) is 0 Å². The van der Waals surface area contributed by atoms with E-state index in [1.807, 2.05) is 45.0 Å². The van der Waals surface area contributed by atoms with Crippen LogP contribution in [0.5, 0.6) is 11.5 Å². The van der Waals surface area contributed by atoms with E-state index in [0.717, 1.165) is 21.2 Å². The third kappa shape index (κ3) is 9.21. The Morgan fingerprint density at radius 1 is 0.744 bits per heavy atom. The average molecular weight is 603 g/mol. The number of azo groups is 1. The third-order valence-corrected chi connectivity index (χ3v) is 7.31. The Morgan fingerprint density at radius 3 is 1.91 bits per heavy atom. The number of rotatable bonds is 12. The maximum absolute atomic E-state index is 12.7. The van der Waals surface area contributed by atoms with Crippen molar-refractivity contribution in [3.63, 3.8) is 0 Å². The number of thiophene rings is 1. The van der Waals surface area contributed by atoms with Crippen molar-refractivity contribution in [3.8, 4) is 11.5 Å². The van der Waals surface area contributed by atoms with Gasteiger partial charge in [0.15, 0.2) is 17.3 Å². The van der Waals surface area contributed by atoms with Gasteiger partial charge in [-0.25, -0.2) is 0 Å². The molecule has 3 aromatic carbocycles. The van der Waals surface area contributed by atoms with Crippen LogP contribution in [0.3, 0.4) is 0 Å². The molecule has 0 saturated heterocycles. The Bertz CT molecular complexity index is 1580. The second kappa shape index (κ2) is 14.1. The van der Waals surface area contributed by atoms with Gasteiger partial charge >= 0.3 is 11.9 Å². The predicted octanol–water partition coefficient (Wildman–Crippen LogP) is 7.92. The van der Waals surface area contributed by atoms with Crippen LogP contribution in [0.2, 0.25) is 0 Å². The number of hydrogen-bond acceptors (Lipinski definition) is 10. The number of benzene rings is 3. The quantitative estimate of drug-likeness (QED) is 0.0919. The molecule has 0 aliphatic rings. The lowest BCUT2D eigenvalue weighted by Crippen LogP contribution is -2.24. The molecule has 0 N–H and O–H groups in total. The van der Waals surface area contributed by atoms with E-state index in [1.165, 1.54) is 11.3 Å². The Labute approximate surface area is 254 Å². The van der Waals surface area contributed by atoms with Crippen molar-refractivity contribution in [2.45, 2.75) is 52.2 Å². The molecule has 0 fully saturated rings. The number of esters is 2. The topological polar surface area (TPSA) is 113 Å². The SMILES string of the molecule is COc1cc2cc(C(=O)CCC(=O)OCc3ccc(N=Nc4ccc(CC(=O)OC(C)(C)C)cc4)cc3)sc2cc1OC. The van der Waals surface area contributed by atoms with Crippen LogP contribution in [0.25, 0.3) is 10.1 Å². The summed E-state index contributed by atoms with van der Waals surface area (Å²) in [5, 5.41) is 9.36. The van der Waals surface area contributed by atoms with Crippen molar-refractivity contribution in [3.05, 3.63) is 82.7 Å². The van der Waals surface area contributed by atoms with Gasteiger partial charge in [-0.1, -0.05) is 24.3 Å². The van der Waals surface area contributed by atoms with Crippen molar-refractivity contribution in [2.75, 3.05) is 14.2 Å². The van der Waals surface area contributed by atoms with Gasteiger partial charge < -0.3 is 18.9 Å². The molecule has 0 saturated carbocycles. The van der Waals surface area contributed by atoms with E-state index in [-0.39, 0.29) is 37.6 Å². The number of nitrogens with zero attached hydrogens (tertiary/aromatic N) is 2. The molecule has 0 radical (unpaired) electrons. The summed E-state index contributed by atoms with van der Waals surface area (Å²) >= 11 is 1.35. The number of hydrogen-bond donors (Lipinski definition) is 0. The van der Waals surface area contributed by atoms with Gasteiger partial charge in [0.05, 0.1) is 43.3 Å². The second-order valence-electron chi connectivity index (χ2n) is 10.7. The molecule has 0 amide bonds. The van der Waals surface area contributed by atoms with Gasteiger partial charge in [-0.2, -0.15) is 10.2 Å². The summed E-state index contributed by atoms with van der Waals surface area (Å²) in [6, 6.07) is 19.8. The molecule has 4 aromatic rings. The van der Waals surface area contributed by atoms with Crippen LogP contribution in [-0.4, -0.2) is 37.5 Å². The van der Waals surface area contributed by atoms with Crippen LogP contribution >= 0.6 is 11.3 Å². The smallest absolute Gasteiger partial charge is 0.310 e. The molecule has 4 rings (SSSR count). The fourth-order valence-corrected chi connectivity index (χ4v) is 5.12. The molecule has 10 heteroatoms. The van der Waals surface area contributed by atoms with Crippen LogP contribution in [-0.2, 0) is 32.1 Å². The average Bonchev–Trinajstić information content (AvgIpc) is 3.40. The van der Waals surface area contributed by atoms with Crippen LogP contribution in [0.1, 0.15) is 54.4 Å². The largest absolute Gasteiger partial charge is 0.493 e. The molecule has 0 unspecified atom stereocenters. The Balaban J connectivity index is 1.22. The van der Waals surface area contributed by atoms with Crippen LogP contribution < -0.4 is 9.47 Å². The fourth-order valence-electron chi connectivity index (χ4n) is 4.08. The molecule has 0 aliphatic heterocycles. The second-order valence-corrected chi connectivity index (χ2v) is 11.8. The molecule has 0 bridgehead atoms. The third-order valence-electron chi connectivity index (χ3n) is 6.18. The van der Waals surface area contributed by atoms with Gasteiger partial charge in [-0.15, -0.1) is 11.3 Å². The van der Waals surface area contributed by atoms with Crippen molar-refractivity contribution >= 4 is 50.5 Å². The normalized spacial score (nSPS) is 11.5. The number of ketones is 1. The van der Waals surface area contributed by atoms with Crippen molar-refractivity contribution in [1.82, 2.24) is 0 Å². The van der Waals surface area contributed by atoms with E-state index < -0.39 is 11.6 Å². The van der Waals surface area contributed by atoms with Gasteiger partial charge in [-0.3, -0.25) is 14.4 Å². The number of carbonyl (C=O) groups is 3. The van der Waals surface area contributed by atoms with Gasteiger partial charge in [-0.05, 0) is 73.7 Å². The molecular weight excluding hydrogens is 568 g/mol. The Kier molecular flexibility index (Phi) is 10.3. The minimum atomic E-state index is -0.518. The summed E-state index contributed by atoms with van der Waals surface area (Å²) in [5.74, 6) is 0.338. The first-order chi connectivity index (χ1) is 20.5. The maximum Gasteiger partial charge on any atom is 0.310 e. The zero-order chi connectivity index (χ0) is 31.0. The van der Waals surface area contributed by atoms with Crippen molar-refractivity contribution in [2.24, 2.45) is 10.2 Å². The minimum Gasteiger partial charge on any atom is -0.493 e. The van der Waals surface area contributed by atoms with Crippen LogP contribution in [0.15, 0.2) is 77.0 Å². The number of fused-ring (bicyclic) bond motifs is 1. The van der Waals surface area contributed by atoms with E-state index in [4.69, 9.17) is 18.9 Å². The number of carbonyl (C=O) groups excluding carboxylic acids is 3. The summed E-state index contributed by atoms with van der Waals surface area (Å²) in [6.45, 7) is 5.60. The van der Waals surface area contributed by atoms with E-state index in [1.54, 1.807) is 56.7 Å². The summed E-state index contributed by atoms with van der Waals surface area (Å²) in [4.78, 5) is 37.6. The lowest BCUT2D eigenvalue weighted by Gasteiger charge is -2.19. The first kappa shape index (κ1) is 31.4. The molecular formula is C33H34N2O7S. The predicted molar refractivity (Wildman–Crippen MR) is 165 cm³/mol. The highest BCUT2D eigenvalue weighted by atomic mass is 32.1. The van der Waals surface area contributed by atoms with E-state index in [0.29, 0.717) is 27.8 Å². The molecule has 0 spiro atoms. The van der Waals surface area contributed by atoms with Crippen LogP contribution in [0.4, 0.5) is 11.4 Å². The summed E-state index contributed by atoms with van der Waals surface area (Å²) < 4.78 is 22.3. The van der Waals surface area contributed by atoms with Crippen molar-refractivity contribution < 1.29 is 33.3 Å². The highest BCUT2D eigenvalue weighted by molar-refractivity contribution is 7.20. The van der Waals surface area contributed by atoms with Gasteiger partial charge in [0, 0.05) is 17.2 Å². The van der Waals surface area contributed by atoms with E-state index in [2.05, 4.69) is 10.2 Å². The zero-order valence-corrected chi connectivity index (χ0v) is 25.7. The summed E-state index contributed by atoms with van der Waals surface area (Å²) in [7, 11) is 3.13.